The van der Waals surface area contributed by atoms with E-state index in [9.17, 15) is 0 Å². The molecule has 2 nitrogen and oxygen atoms in total. The van der Waals surface area contributed by atoms with E-state index >= 15 is 0 Å². The highest BCUT2D eigenvalue weighted by molar-refractivity contribution is 6.31. The number of pyridine rings is 1. The smallest absolute Gasteiger partial charge is 0.0761 e. The van der Waals surface area contributed by atoms with Gasteiger partial charge >= 0.3 is 0 Å². The van der Waals surface area contributed by atoms with Gasteiger partial charge in [-0.1, -0.05) is 39.3 Å². The zero-order valence-corrected chi connectivity index (χ0v) is 12.0. The minimum Gasteiger partial charge on any atom is -0.309 e. The van der Waals surface area contributed by atoms with Crippen LogP contribution >= 0.6 is 11.6 Å². The molecule has 0 saturated carbocycles. The van der Waals surface area contributed by atoms with E-state index in [0.29, 0.717) is 11.8 Å². The van der Waals surface area contributed by atoms with E-state index in [1.54, 1.807) is 0 Å². The maximum Gasteiger partial charge on any atom is 0.0761 e. The Kier molecular flexibility index (Phi) is 5.93. The number of halogens is 1. The second-order valence-electron chi connectivity index (χ2n) is 5.01. The van der Waals surface area contributed by atoms with Crippen LogP contribution in [-0.2, 0) is 0 Å². The molecule has 0 aliphatic rings. The second kappa shape index (κ2) is 6.97. The topological polar surface area (TPSA) is 24.9 Å². The molecule has 1 N–H and O–H groups in total. The molecule has 1 rings (SSSR count). The highest BCUT2D eigenvalue weighted by Gasteiger charge is 2.22. The summed E-state index contributed by atoms with van der Waals surface area (Å²) in [6.07, 6.45) is 2.98. The van der Waals surface area contributed by atoms with Gasteiger partial charge in [0.05, 0.1) is 16.8 Å². The van der Waals surface area contributed by atoms with Crippen molar-refractivity contribution in [1.29, 1.82) is 0 Å². The Labute approximate surface area is 110 Å². The fourth-order valence-electron chi connectivity index (χ4n) is 2.29. The molecule has 96 valence electrons. The minimum atomic E-state index is 0.246. The molecule has 0 aliphatic carbocycles. The number of hydrogen-bond acceptors (Lipinski definition) is 2. The Bertz CT molecular complexity index is 339. The maximum atomic E-state index is 6.23. The van der Waals surface area contributed by atoms with Crippen molar-refractivity contribution < 1.29 is 0 Å². The molecule has 1 aromatic rings. The molecule has 3 heteroatoms. The van der Waals surface area contributed by atoms with Crippen molar-refractivity contribution in [2.45, 2.75) is 40.2 Å². The molecule has 0 fully saturated rings. The Morgan fingerprint density at radius 3 is 2.59 bits per heavy atom. The van der Waals surface area contributed by atoms with Crippen molar-refractivity contribution in [3.05, 3.63) is 29.0 Å². The van der Waals surface area contributed by atoms with Crippen molar-refractivity contribution >= 4 is 11.6 Å². The lowest BCUT2D eigenvalue weighted by atomic mass is 9.90. The third-order valence-electron chi connectivity index (χ3n) is 2.92. The summed E-state index contributed by atoms with van der Waals surface area (Å²) in [6, 6.07) is 4.04. The standard InChI is InChI=1S/C14H23ClN2/c1-5-16-13(11(4)9-10(2)3)14-12(15)7-6-8-17-14/h6-8,10-11,13,16H,5,9H2,1-4H3. The first kappa shape index (κ1) is 14.5. The van der Waals surface area contributed by atoms with Gasteiger partial charge < -0.3 is 5.32 Å². The van der Waals surface area contributed by atoms with Gasteiger partial charge in [-0.2, -0.15) is 0 Å². The maximum absolute atomic E-state index is 6.23. The molecular weight excluding hydrogens is 232 g/mol. The zero-order chi connectivity index (χ0) is 12.8. The van der Waals surface area contributed by atoms with Crippen LogP contribution in [0.2, 0.25) is 5.02 Å². The van der Waals surface area contributed by atoms with Gasteiger partial charge in [-0.05, 0) is 36.9 Å². The van der Waals surface area contributed by atoms with Gasteiger partial charge in [0.1, 0.15) is 0 Å². The van der Waals surface area contributed by atoms with Gasteiger partial charge in [-0.25, -0.2) is 0 Å². The van der Waals surface area contributed by atoms with Crippen LogP contribution < -0.4 is 5.32 Å². The molecule has 2 unspecified atom stereocenters. The van der Waals surface area contributed by atoms with Crippen LogP contribution in [0.3, 0.4) is 0 Å². The third kappa shape index (κ3) is 4.29. The van der Waals surface area contributed by atoms with Crippen molar-refractivity contribution in [1.82, 2.24) is 10.3 Å². The SMILES string of the molecule is CCNC(c1ncccc1Cl)C(C)CC(C)C. The summed E-state index contributed by atoms with van der Waals surface area (Å²) in [5.41, 5.74) is 0.976. The Hall–Kier alpha value is -0.600. The Balaban J connectivity index is 2.88. The molecule has 0 bridgehead atoms. The van der Waals surface area contributed by atoms with Crippen LogP contribution in [-0.4, -0.2) is 11.5 Å². The quantitative estimate of drug-likeness (QED) is 0.828. The number of hydrogen-bond donors (Lipinski definition) is 1. The second-order valence-corrected chi connectivity index (χ2v) is 5.42. The molecule has 0 saturated heterocycles. The van der Waals surface area contributed by atoms with Crippen LogP contribution in [0.4, 0.5) is 0 Å². The molecule has 17 heavy (non-hydrogen) atoms. The fraction of sp³-hybridized carbons (Fsp3) is 0.643. The van der Waals surface area contributed by atoms with E-state index in [1.165, 1.54) is 6.42 Å². The molecule has 0 radical (unpaired) electrons. The zero-order valence-electron chi connectivity index (χ0n) is 11.2. The first-order valence-corrected chi connectivity index (χ1v) is 6.77. The monoisotopic (exact) mass is 254 g/mol. The third-order valence-corrected chi connectivity index (χ3v) is 3.24. The van der Waals surface area contributed by atoms with E-state index in [0.717, 1.165) is 17.3 Å². The first-order chi connectivity index (χ1) is 8.06. The summed E-state index contributed by atoms with van der Waals surface area (Å²) >= 11 is 6.23. The minimum absolute atomic E-state index is 0.246. The van der Waals surface area contributed by atoms with Crippen LogP contribution in [0, 0.1) is 11.8 Å². The predicted octanol–water partition coefficient (Wildman–Crippen LogP) is 4.07. The lowest BCUT2D eigenvalue weighted by Crippen LogP contribution is -2.28. The van der Waals surface area contributed by atoms with Crippen LogP contribution in [0.1, 0.15) is 45.9 Å². The van der Waals surface area contributed by atoms with Crippen LogP contribution in [0.25, 0.3) is 0 Å². The summed E-state index contributed by atoms with van der Waals surface area (Å²) in [4.78, 5) is 4.43. The fourth-order valence-corrected chi connectivity index (χ4v) is 2.53. The number of rotatable bonds is 6. The highest BCUT2D eigenvalue weighted by Crippen LogP contribution is 2.29. The summed E-state index contributed by atoms with van der Waals surface area (Å²) in [6.45, 7) is 9.81. The number of nitrogens with one attached hydrogen (secondary N) is 1. The van der Waals surface area contributed by atoms with E-state index in [-0.39, 0.29) is 6.04 Å². The van der Waals surface area contributed by atoms with Crippen molar-refractivity contribution in [2.75, 3.05) is 6.54 Å². The average molecular weight is 255 g/mol. The lowest BCUT2D eigenvalue weighted by Gasteiger charge is -2.26. The Morgan fingerprint density at radius 1 is 1.35 bits per heavy atom. The summed E-state index contributed by atoms with van der Waals surface area (Å²) in [7, 11) is 0. The largest absolute Gasteiger partial charge is 0.309 e. The van der Waals surface area contributed by atoms with Gasteiger partial charge in [0.25, 0.3) is 0 Å². The molecule has 1 heterocycles. The number of aromatic nitrogens is 1. The van der Waals surface area contributed by atoms with Gasteiger partial charge in [0.2, 0.25) is 0 Å². The average Bonchev–Trinajstić information content (AvgIpc) is 2.26. The molecule has 0 amide bonds. The molecular formula is C14H23ClN2. The van der Waals surface area contributed by atoms with E-state index in [1.807, 2.05) is 18.3 Å². The summed E-state index contributed by atoms with van der Waals surface area (Å²) in [5, 5.41) is 4.26. The predicted molar refractivity (Wildman–Crippen MR) is 74.3 cm³/mol. The van der Waals surface area contributed by atoms with E-state index in [4.69, 9.17) is 11.6 Å². The number of nitrogens with zero attached hydrogens (tertiary/aromatic N) is 1. The van der Waals surface area contributed by atoms with E-state index in [2.05, 4.69) is 38.0 Å². The molecule has 0 aromatic carbocycles. The lowest BCUT2D eigenvalue weighted by molar-refractivity contribution is 0.328. The van der Waals surface area contributed by atoms with Gasteiger partial charge in [0.15, 0.2) is 0 Å². The van der Waals surface area contributed by atoms with Crippen LogP contribution in [0.5, 0.6) is 0 Å². The molecule has 1 aromatic heterocycles. The first-order valence-electron chi connectivity index (χ1n) is 6.40. The van der Waals surface area contributed by atoms with Gasteiger partial charge in [-0.15, -0.1) is 0 Å². The van der Waals surface area contributed by atoms with E-state index < -0.39 is 0 Å². The van der Waals surface area contributed by atoms with Gasteiger partial charge in [0, 0.05) is 6.20 Å². The molecule has 0 spiro atoms. The molecule has 2 atom stereocenters. The highest BCUT2D eigenvalue weighted by atomic mass is 35.5. The normalized spacial score (nSPS) is 14.9. The molecule has 0 aliphatic heterocycles. The van der Waals surface area contributed by atoms with Crippen molar-refractivity contribution in [2.24, 2.45) is 11.8 Å². The van der Waals surface area contributed by atoms with Crippen LogP contribution in [0.15, 0.2) is 18.3 Å². The van der Waals surface area contributed by atoms with Gasteiger partial charge in [-0.3, -0.25) is 4.98 Å². The Morgan fingerprint density at radius 2 is 2.06 bits per heavy atom. The van der Waals surface area contributed by atoms with Crippen molar-refractivity contribution in [3.63, 3.8) is 0 Å². The summed E-state index contributed by atoms with van der Waals surface area (Å²) < 4.78 is 0. The summed E-state index contributed by atoms with van der Waals surface area (Å²) in [5.74, 6) is 1.22. The van der Waals surface area contributed by atoms with Crippen molar-refractivity contribution in [3.8, 4) is 0 Å².